The molecule has 0 bridgehead atoms. The number of fused-ring (bicyclic) bond motifs is 1. The summed E-state index contributed by atoms with van der Waals surface area (Å²) in [7, 11) is 5.20. The molecule has 0 amide bonds. The molecule has 0 saturated carbocycles. The van der Waals surface area contributed by atoms with Crippen molar-refractivity contribution in [3.8, 4) is 17.2 Å². The minimum absolute atomic E-state index is 0.105. The van der Waals surface area contributed by atoms with Crippen LogP contribution < -0.4 is 9.47 Å². The van der Waals surface area contributed by atoms with Gasteiger partial charge in [-0.05, 0) is 25.1 Å². The monoisotopic (exact) mass is 223 g/mol. The Labute approximate surface area is 95.4 Å². The van der Waals surface area contributed by atoms with Crippen molar-refractivity contribution < 1.29 is 14.6 Å². The first kappa shape index (κ1) is 11.1. The van der Waals surface area contributed by atoms with Crippen molar-refractivity contribution in [2.45, 2.75) is 13.0 Å². The lowest BCUT2D eigenvalue weighted by Gasteiger charge is -2.27. The van der Waals surface area contributed by atoms with Gasteiger partial charge in [0.05, 0.1) is 14.2 Å². The average Bonchev–Trinajstić information content (AvgIpc) is 2.28. The van der Waals surface area contributed by atoms with Crippen LogP contribution in [-0.2, 0) is 13.0 Å². The van der Waals surface area contributed by atoms with Gasteiger partial charge in [-0.15, -0.1) is 0 Å². The second-order valence-corrected chi connectivity index (χ2v) is 4.09. The molecule has 0 spiro atoms. The summed E-state index contributed by atoms with van der Waals surface area (Å²) in [5, 5.41) is 9.95. The van der Waals surface area contributed by atoms with Crippen molar-refractivity contribution >= 4 is 0 Å². The van der Waals surface area contributed by atoms with Gasteiger partial charge in [-0.3, -0.25) is 0 Å². The van der Waals surface area contributed by atoms with Crippen LogP contribution in [0.15, 0.2) is 6.07 Å². The number of ether oxygens (including phenoxy) is 2. The molecule has 0 fully saturated rings. The molecule has 4 heteroatoms. The van der Waals surface area contributed by atoms with Crippen molar-refractivity contribution in [2.24, 2.45) is 0 Å². The van der Waals surface area contributed by atoms with E-state index in [1.807, 2.05) is 6.07 Å². The molecular formula is C12H17NO3. The van der Waals surface area contributed by atoms with E-state index in [0.717, 1.165) is 25.1 Å². The average molecular weight is 223 g/mol. The molecule has 1 aliphatic rings. The molecule has 0 radical (unpaired) electrons. The number of nitrogens with zero attached hydrogens (tertiary/aromatic N) is 1. The SMILES string of the molecule is COc1cc2c(c(OC)c1O)CCN(C)C2. The number of hydrogen-bond donors (Lipinski definition) is 1. The predicted octanol–water partition coefficient (Wildman–Crippen LogP) is 1.40. The minimum Gasteiger partial charge on any atom is -0.502 e. The van der Waals surface area contributed by atoms with Gasteiger partial charge in [0.1, 0.15) is 0 Å². The molecule has 4 nitrogen and oxygen atoms in total. The Morgan fingerprint density at radius 2 is 2.06 bits per heavy atom. The van der Waals surface area contributed by atoms with Crippen molar-refractivity contribution in [2.75, 3.05) is 27.8 Å². The predicted molar refractivity (Wildman–Crippen MR) is 61.2 cm³/mol. The molecule has 1 aromatic rings. The molecule has 16 heavy (non-hydrogen) atoms. The van der Waals surface area contributed by atoms with Crippen LogP contribution in [0, 0.1) is 0 Å². The van der Waals surface area contributed by atoms with Gasteiger partial charge in [0, 0.05) is 18.7 Å². The second kappa shape index (κ2) is 4.22. The molecule has 0 saturated heterocycles. The highest BCUT2D eigenvalue weighted by Crippen LogP contribution is 2.42. The number of aromatic hydroxyl groups is 1. The van der Waals surface area contributed by atoms with Crippen molar-refractivity contribution in [1.29, 1.82) is 0 Å². The maximum Gasteiger partial charge on any atom is 0.201 e. The van der Waals surface area contributed by atoms with Crippen LogP contribution in [0.25, 0.3) is 0 Å². The van der Waals surface area contributed by atoms with E-state index in [0.29, 0.717) is 11.5 Å². The van der Waals surface area contributed by atoms with Crippen LogP contribution in [0.3, 0.4) is 0 Å². The third-order valence-electron chi connectivity index (χ3n) is 3.02. The van der Waals surface area contributed by atoms with Crippen LogP contribution in [0.2, 0.25) is 0 Å². The van der Waals surface area contributed by atoms with E-state index in [1.165, 1.54) is 5.56 Å². The maximum atomic E-state index is 9.95. The molecular weight excluding hydrogens is 206 g/mol. The summed E-state index contributed by atoms with van der Waals surface area (Å²) < 4.78 is 10.4. The van der Waals surface area contributed by atoms with E-state index >= 15 is 0 Å². The van der Waals surface area contributed by atoms with E-state index < -0.39 is 0 Å². The standard InChI is InChI=1S/C12H17NO3/c1-13-5-4-9-8(7-13)6-10(15-2)11(14)12(9)16-3/h6,14H,4-5,7H2,1-3H3. The van der Waals surface area contributed by atoms with E-state index in [1.54, 1.807) is 14.2 Å². The largest absolute Gasteiger partial charge is 0.502 e. The lowest BCUT2D eigenvalue weighted by Crippen LogP contribution is -2.26. The Morgan fingerprint density at radius 3 is 2.69 bits per heavy atom. The maximum absolute atomic E-state index is 9.95. The first-order valence-corrected chi connectivity index (χ1v) is 5.31. The Morgan fingerprint density at radius 1 is 1.31 bits per heavy atom. The number of phenolic OH excluding ortho intramolecular Hbond substituents is 1. The number of rotatable bonds is 2. The molecule has 0 aliphatic carbocycles. The molecule has 0 aromatic heterocycles. The van der Waals surface area contributed by atoms with Crippen LogP contribution in [-0.4, -0.2) is 37.8 Å². The number of benzene rings is 1. The molecule has 1 aliphatic heterocycles. The Balaban J connectivity index is 2.55. The van der Waals surface area contributed by atoms with Gasteiger partial charge in [-0.2, -0.15) is 0 Å². The lowest BCUT2D eigenvalue weighted by molar-refractivity contribution is 0.295. The molecule has 1 N–H and O–H groups in total. The fraction of sp³-hybridized carbons (Fsp3) is 0.500. The highest BCUT2D eigenvalue weighted by Gasteiger charge is 2.22. The van der Waals surface area contributed by atoms with E-state index in [4.69, 9.17) is 9.47 Å². The molecule has 88 valence electrons. The summed E-state index contributed by atoms with van der Waals surface area (Å²) in [6.07, 6.45) is 0.895. The highest BCUT2D eigenvalue weighted by atomic mass is 16.5. The van der Waals surface area contributed by atoms with Crippen LogP contribution >= 0.6 is 0 Å². The second-order valence-electron chi connectivity index (χ2n) is 4.09. The minimum atomic E-state index is 0.105. The van der Waals surface area contributed by atoms with Crippen molar-refractivity contribution in [3.63, 3.8) is 0 Å². The molecule has 1 aromatic carbocycles. The van der Waals surface area contributed by atoms with Crippen molar-refractivity contribution in [1.82, 2.24) is 4.90 Å². The van der Waals surface area contributed by atoms with Gasteiger partial charge in [0.25, 0.3) is 0 Å². The Hall–Kier alpha value is -1.42. The summed E-state index contributed by atoms with van der Waals surface area (Å²) in [6, 6.07) is 1.89. The quantitative estimate of drug-likeness (QED) is 0.823. The van der Waals surface area contributed by atoms with Crippen LogP contribution in [0.5, 0.6) is 17.2 Å². The topological polar surface area (TPSA) is 41.9 Å². The van der Waals surface area contributed by atoms with Crippen LogP contribution in [0.1, 0.15) is 11.1 Å². The number of likely N-dealkylation sites (N-methyl/N-ethyl adjacent to an activating group) is 1. The van der Waals surface area contributed by atoms with Gasteiger partial charge in [0.15, 0.2) is 11.5 Å². The molecule has 1 heterocycles. The highest BCUT2D eigenvalue weighted by molar-refractivity contribution is 5.58. The lowest BCUT2D eigenvalue weighted by atomic mass is 9.98. The molecule has 2 rings (SSSR count). The fourth-order valence-electron chi connectivity index (χ4n) is 2.18. The summed E-state index contributed by atoms with van der Waals surface area (Å²) >= 11 is 0. The van der Waals surface area contributed by atoms with Gasteiger partial charge in [0.2, 0.25) is 5.75 Å². The van der Waals surface area contributed by atoms with Gasteiger partial charge in [-0.25, -0.2) is 0 Å². The summed E-state index contributed by atoms with van der Waals surface area (Å²) in [5.41, 5.74) is 2.26. The van der Waals surface area contributed by atoms with Crippen LogP contribution in [0.4, 0.5) is 0 Å². The summed E-state index contributed by atoms with van der Waals surface area (Å²) in [4.78, 5) is 2.23. The zero-order chi connectivity index (χ0) is 11.7. The number of methoxy groups -OCH3 is 2. The summed E-state index contributed by atoms with van der Waals surface area (Å²) in [6.45, 7) is 1.84. The number of hydrogen-bond acceptors (Lipinski definition) is 4. The van der Waals surface area contributed by atoms with E-state index in [9.17, 15) is 5.11 Å². The Bertz CT molecular complexity index is 404. The summed E-state index contributed by atoms with van der Waals surface area (Å²) in [5.74, 6) is 1.14. The first-order chi connectivity index (χ1) is 7.67. The van der Waals surface area contributed by atoms with E-state index in [2.05, 4.69) is 11.9 Å². The fourth-order valence-corrected chi connectivity index (χ4v) is 2.18. The normalized spacial score (nSPS) is 15.7. The third kappa shape index (κ3) is 1.69. The zero-order valence-electron chi connectivity index (χ0n) is 9.91. The number of phenols is 1. The molecule has 0 atom stereocenters. The van der Waals surface area contributed by atoms with Gasteiger partial charge in [-0.1, -0.05) is 0 Å². The first-order valence-electron chi connectivity index (χ1n) is 5.31. The van der Waals surface area contributed by atoms with E-state index in [-0.39, 0.29) is 5.75 Å². The van der Waals surface area contributed by atoms with Crippen molar-refractivity contribution in [3.05, 3.63) is 17.2 Å². The van der Waals surface area contributed by atoms with Gasteiger partial charge >= 0.3 is 0 Å². The Kier molecular flexibility index (Phi) is 2.92. The zero-order valence-corrected chi connectivity index (χ0v) is 9.91. The smallest absolute Gasteiger partial charge is 0.201 e. The molecule has 0 unspecified atom stereocenters. The van der Waals surface area contributed by atoms with Gasteiger partial charge < -0.3 is 19.5 Å². The third-order valence-corrected chi connectivity index (χ3v) is 3.02.